The molecule has 0 aromatic rings. The minimum absolute atomic E-state index is 0.248. The molecule has 0 aliphatic carbocycles. The van der Waals surface area contributed by atoms with Crippen LogP contribution in [-0.4, -0.2) is 40.9 Å². The lowest BCUT2D eigenvalue weighted by molar-refractivity contribution is 0.172. The van der Waals surface area contributed by atoms with E-state index in [1.54, 1.807) is 6.26 Å². The average molecular weight is 215 g/mol. The minimum atomic E-state index is -3.05. The van der Waals surface area contributed by atoms with Crippen molar-refractivity contribution in [2.45, 2.75) is 6.10 Å². The average Bonchev–Trinajstić information content (AvgIpc) is 2.32. The predicted octanol–water partition coefficient (Wildman–Crippen LogP) is 0.0966. The second kappa shape index (κ2) is 4.09. The Kier molecular flexibility index (Phi) is 3.58. The van der Waals surface area contributed by atoms with Gasteiger partial charge in [0, 0.05) is 17.1 Å². The Bertz CT molecular complexity index is 189. The van der Waals surface area contributed by atoms with E-state index in [1.165, 1.54) is 7.11 Å². The zero-order valence-electron chi connectivity index (χ0n) is 6.93. The summed E-state index contributed by atoms with van der Waals surface area (Å²) >= 11 is 0. The molecule has 72 valence electrons. The largest absolute Gasteiger partial charge is 0.572 e. The summed E-state index contributed by atoms with van der Waals surface area (Å²) in [6, 6.07) is 0. The van der Waals surface area contributed by atoms with Gasteiger partial charge in [-0.3, -0.25) is 4.21 Å². The fraction of sp³-hybridized carbons (Fsp3) is 1.00. The van der Waals surface area contributed by atoms with E-state index in [-0.39, 0.29) is 12.7 Å². The third-order valence-corrected chi connectivity index (χ3v) is 3.70. The van der Waals surface area contributed by atoms with Crippen LogP contribution in [0.1, 0.15) is 0 Å². The van der Waals surface area contributed by atoms with Gasteiger partial charge in [-0.25, -0.2) is 0 Å². The van der Waals surface area contributed by atoms with E-state index in [9.17, 15) is 9.10 Å². The van der Waals surface area contributed by atoms with Crippen molar-refractivity contribution in [3.8, 4) is 0 Å². The van der Waals surface area contributed by atoms with Gasteiger partial charge < -0.3 is 0 Å². The third-order valence-electron chi connectivity index (χ3n) is 1.36. The van der Waals surface area contributed by atoms with Crippen LogP contribution in [0.5, 0.6) is 0 Å². The predicted molar refractivity (Wildman–Crippen MR) is 45.9 cm³/mol. The molecule has 1 saturated heterocycles. The molecule has 7 heteroatoms. The number of hydrogen-bond donors (Lipinski definition) is 1. The lowest BCUT2D eigenvalue weighted by Gasteiger charge is -2.04. The molecule has 0 saturated carbocycles. The monoisotopic (exact) mass is 215 g/mol. The Balaban J connectivity index is 2.40. The zero-order valence-corrected chi connectivity index (χ0v) is 8.64. The molecule has 0 aromatic heterocycles. The van der Waals surface area contributed by atoms with Crippen LogP contribution in [0.15, 0.2) is 0 Å². The molecular weight excluding hydrogens is 203 g/mol. The zero-order chi connectivity index (χ0) is 9.19. The van der Waals surface area contributed by atoms with Crippen LogP contribution < -0.4 is 0 Å². The van der Waals surface area contributed by atoms with Gasteiger partial charge in [-0.15, -0.1) is 4.52 Å². The molecule has 0 radical (unpaired) electrons. The van der Waals surface area contributed by atoms with Crippen molar-refractivity contribution in [1.29, 1.82) is 0 Å². The molecular formula is C5H12O5PS+. The Labute approximate surface area is 74.1 Å². The van der Waals surface area contributed by atoms with Crippen LogP contribution in [0.3, 0.4) is 0 Å². The highest BCUT2D eigenvalue weighted by molar-refractivity contribution is 7.84. The molecule has 12 heavy (non-hydrogen) atoms. The molecule has 1 fully saturated rings. The second-order valence-corrected chi connectivity index (χ2v) is 5.67. The topological polar surface area (TPSA) is 65.0 Å². The summed E-state index contributed by atoms with van der Waals surface area (Å²) in [6.07, 6.45) is 1.26. The molecule has 0 bridgehead atoms. The van der Waals surface area contributed by atoms with Crippen LogP contribution in [0.2, 0.25) is 0 Å². The molecule has 0 aromatic carbocycles. The molecule has 1 heterocycles. The van der Waals surface area contributed by atoms with Crippen molar-refractivity contribution in [1.82, 2.24) is 0 Å². The molecule has 3 atom stereocenters. The van der Waals surface area contributed by atoms with Gasteiger partial charge in [-0.1, -0.05) is 0 Å². The number of hydrogen-bond acceptors (Lipinski definition) is 5. The normalized spacial score (nSPS) is 38.4. The van der Waals surface area contributed by atoms with Gasteiger partial charge in [-0.05, 0) is 0 Å². The van der Waals surface area contributed by atoms with Crippen molar-refractivity contribution >= 4 is 19.0 Å². The van der Waals surface area contributed by atoms with E-state index in [4.69, 9.17) is 9.05 Å². The Hall–Kier alpha value is 0.420. The van der Waals surface area contributed by atoms with Gasteiger partial charge in [0.15, 0.2) is 6.10 Å². The molecule has 0 amide bonds. The summed E-state index contributed by atoms with van der Waals surface area (Å²) in [6.45, 7) is 0.248. The highest BCUT2D eigenvalue weighted by Gasteiger charge is 2.53. The molecule has 1 N–H and O–H groups in total. The molecule has 1 aliphatic heterocycles. The van der Waals surface area contributed by atoms with Crippen LogP contribution in [0.4, 0.5) is 0 Å². The Morgan fingerprint density at radius 2 is 2.50 bits per heavy atom. The van der Waals surface area contributed by atoms with Crippen molar-refractivity contribution in [3.63, 3.8) is 0 Å². The lowest BCUT2D eigenvalue weighted by Crippen LogP contribution is -2.17. The standard InChI is InChI=1S/C5H12O5PS/c1-8-11(6)9-3-5(10-11)4-12(2)7/h5-6H,3-4H2,1-2H3/q+1. The van der Waals surface area contributed by atoms with Crippen molar-refractivity contribution < 1.29 is 22.7 Å². The first-order valence-electron chi connectivity index (χ1n) is 3.36. The Morgan fingerprint density at radius 3 is 2.92 bits per heavy atom. The maximum absolute atomic E-state index is 10.8. The first-order chi connectivity index (χ1) is 5.56. The molecule has 1 aliphatic rings. The summed E-state index contributed by atoms with van der Waals surface area (Å²) in [5, 5.41) is 0. The van der Waals surface area contributed by atoms with E-state index >= 15 is 0 Å². The lowest BCUT2D eigenvalue weighted by atomic mass is 10.4. The third kappa shape index (κ3) is 2.73. The molecule has 3 unspecified atom stereocenters. The fourth-order valence-electron chi connectivity index (χ4n) is 0.863. The summed E-state index contributed by atoms with van der Waals surface area (Å²) < 4.78 is 25.3. The number of rotatable bonds is 3. The first-order valence-corrected chi connectivity index (χ1v) is 6.58. The van der Waals surface area contributed by atoms with E-state index in [2.05, 4.69) is 4.52 Å². The summed E-state index contributed by atoms with van der Waals surface area (Å²) in [4.78, 5) is 9.33. The van der Waals surface area contributed by atoms with Crippen LogP contribution in [0, 0.1) is 0 Å². The van der Waals surface area contributed by atoms with E-state index < -0.39 is 19.0 Å². The minimum Gasteiger partial charge on any atom is -0.260 e. The summed E-state index contributed by atoms with van der Waals surface area (Å²) in [7, 11) is -2.67. The summed E-state index contributed by atoms with van der Waals surface area (Å²) in [5.74, 6) is 0.367. The van der Waals surface area contributed by atoms with Crippen molar-refractivity contribution in [2.24, 2.45) is 0 Å². The highest BCUT2D eigenvalue weighted by Crippen LogP contribution is 2.62. The second-order valence-electron chi connectivity index (χ2n) is 2.41. The Morgan fingerprint density at radius 1 is 1.83 bits per heavy atom. The van der Waals surface area contributed by atoms with E-state index in [1.807, 2.05) is 0 Å². The highest BCUT2D eigenvalue weighted by atomic mass is 32.2. The fourth-order valence-corrected chi connectivity index (χ4v) is 2.77. The molecule has 0 spiro atoms. The van der Waals surface area contributed by atoms with Gasteiger partial charge in [0.25, 0.3) is 0 Å². The van der Waals surface area contributed by atoms with Crippen molar-refractivity contribution in [3.05, 3.63) is 0 Å². The van der Waals surface area contributed by atoms with Crippen molar-refractivity contribution in [2.75, 3.05) is 25.7 Å². The van der Waals surface area contributed by atoms with E-state index in [0.717, 1.165) is 0 Å². The maximum Gasteiger partial charge on any atom is 0.572 e. The van der Waals surface area contributed by atoms with E-state index in [0.29, 0.717) is 5.75 Å². The molecule has 5 nitrogen and oxygen atoms in total. The van der Waals surface area contributed by atoms with Gasteiger partial charge in [0.1, 0.15) is 6.61 Å². The van der Waals surface area contributed by atoms with Gasteiger partial charge in [0.05, 0.1) is 12.9 Å². The van der Waals surface area contributed by atoms with Crippen LogP contribution in [0.25, 0.3) is 0 Å². The molecule has 1 rings (SSSR count). The summed E-state index contributed by atoms with van der Waals surface area (Å²) in [5.41, 5.74) is 0. The quantitative estimate of drug-likeness (QED) is 0.676. The van der Waals surface area contributed by atoms with Crippen LogP contribution >= 0.6 is 8.17 Å². The smallest absolute Gasteiger partial charge is 0.260 e. The SMILES string of the molecule is CO[P+]1(O)OCC(CS(C)=O)O1. The van der Waals surface area contributed by atoms with Gasteiger partial charge in [-0.2, -0.15) is 13.9 Å². The van der Waals surface area contributed by atoms with Crippen LogP contribution in [-0.2, 0) is 24.4 Å². The maximum atomic E-state index is 10.8. The first kappa shape index (κ1) is 10.5. The van der Waals surface area contributed by atoms with Gasteiger partial charge >= 0.3 is 8.17 Å². The van der Waals surface area contributed by atoms with Gasteiger partial charge in [0.2, 0.25) is 0 Å².